The number of carbonyl (C=O) groups is 1. The van der Waals surface area contributed by atoms with Gasteiger partial charge < -0.3 is 9.84 Å². The number of aromatic nitrogens is 1. The molecule has 0 bridgehead atoms. The average molecular weight is 247 g/mol. The second-order valence-corrected chi connectivity index (χ2v) is 3.70. The molecule has 4 nitrogen and oxygen atoms in total. The molecule has 0 saturated carbocycles. The summed E-state index contributed by atoms with van der Waals surface area (Å²) >= 11 is 0. The Hall–Kier alpha value is -2.43. The summed E-state index contributed by atoms with van der Waals surface area (Å²) in [5.41, 5.74) is 0.481. The van der Waals surface area contributed by atoms with Crippen LogP contribution < -0.4 is 4.74 Å². The van der Waals surface area contributed by atoms with E-state index in [4.69, 9.17) is 9.84 Å². The Labute approximate surface area is 103 Å². The lowest BCUT2D eigenvalue weighted by Gasteiger charge is -2.07. The van der Waals surface area contributed by atoms with Crippen LogP contribution >= 0.6 is 0 Å². The Morgan fingerprint density at radius 1 is 1.39 bits per heavy atom. The number of carboxylic acids is 1. The zero-order valence-electron chi connectivity index (χ0n) is 9.55. The van der Waals surface area contributed by atoms with Crippen molar-refractivity contribution in [1.29, 1.82) is 0 Å². The minimum Gasteiger partial charge on any atom is -0.478 e. The predicted octanol–water partition coefficient (Wildman–Crippen LogP) is 3.02. The highest BCUT2D eigenvalue weighted by atomic mass is 19.1. The summed E-state index contributed by atoms with van der Waals surface area (Å²) in [6, 6.07) is 8.05. The highest BCUT2D eigenvalue weighted by Gasteiger charge is 2.16. The van der Waals surface area contributed by atoms with Crippen molar-refractivity contribution < 1.29 is 19.0 Å². The van der Waals surface area contributed by atoms with Gasteiger partial charge in [-0.1, -0.05) is 12.1 Å². The second kappa shape index (κ2) is 4.83. The molecule has 2 rings (SSSR count). The van der Waals surface area contributed by atoms with E-state index in [2.05, 4.69) is 4.98 Å². The lowest BCUT2D eigenvalue weighted by Crippen LogP contribution is -2.03. The maximum atomic E-state index is 13.7. The standard InChI is InChI=1S/C13H10FNO3/c1-8-3-2-4-9(7-8)18-12-11(14)10(13(16)17)5-6-15-12/h2-7H,1H3,(H,16,17). The summed E-state index contributed by atoms with van der Waals surface area (Å²) < 4.78 is 19.0. The van der Waals surface area contributed by atoms with Gasteiger partial charge in [0.1, 0.15) is 11.3 Å². The van der Waals surface area contributed by atoms with E-state index in [1.807, 2.05) is 13.0 Å². The van der Waals surface area contributed by atoms with Gasteiger partial charge in [-0.2, -0.15) is 0 Å². The smallest absolute Gasteiger partial charge is 0.338 e. The van der Waals surface area contributed by atoms with E-state index in [0.717, 1.165) is 11.6 Å². The van der Waals surface area contributed by atoms with Gasteiger partial charge in [0.15, 0.2) is 5.82 Å². The summed E-state index contributed by atoms with van der Waals surface area (Å²) in [5.74, 6) is -2.28. The van der Waals surface area contributed by atoms with Gasteiger partial charge in [0.05, 0.1) is 0 Å². The molecule has 0 aliphatic heterocycles. The molecule has 0 radical (unpaired) electrons. The number of rotatable bonds is 3. The molecule has 0 aliphatic rings. The number of carboxylic acid groups (broad SMARTS) is 1. The Morgan fingerprint density at radius 2 is 2.17 bits per heavy atom. The highest BCUT2D eigenvalue weighted by Crippen LogP contribution is 2.24. The Kier molecular flexibility index (Phi) is 3.23. The zero-order valence-corrected chi connectivity index (χ0v) is 9.55. The van der Waals surface area contributed by atoms with Gasteiger partial charge in [0, 0.05) is 6.20 Å². The van der Waals surface area contributed by atoms with Gasteiger partial charge >= 0.3 is 5.97 Å². The van der Waals surface area contributed by atoms with Crippen molar-refractivity contribution in [2.75, 3.05) is 0 Å². The van der Waals surface area contributed by atoms with E-state index in [1.54, 1.807) is 18.2 Å². The summed E-state index contributed by atoms with van der Waals surface area (Å²) in [5, 5.41) is 8.78. The van der Waals surface area contributed by atoms with E-state index >= 15 is 0 Å². The van der Waals surface area contributed by atoms with Crippen LogP contribution in [0.3, 0.4) is 0 Å². The summed E-state index contributed by atoms with van der Waals surface area (Å²) in [6.07, 6.45) is 1.19. The fourth-order valence-electron chi connectivity index (χ4n) is 1.45. The fourth-order valence-corrected chi connectivity index (χ4v) is 1.45. The van der Waals surface area contributed by atoms with Crippen molar-refractivity contribution in [3.8, 4) is 11.6 Å². The van der Waals surface area contributed by atoms with Crippen LogP contribution in [0.1, 0.15) is 15.9 Å². The molecule has 0 unspecified atom stereocenters. The van der Waals surface area contributed by atoms with Crippen LogP contribution in [-0.4, -0.2) is 16.1 Å². The Bertz CT molecular complexity index is 599. The van der Waals surface area contributed by atoms with Crippen molar-refractivity contribution in [3.63, 3.8) is 0 Å². The summed E-state index contributed by atoms with van der Waals surface area (Å²) in [6.45, 7) is 1.87. The van der Waals surface area contributed by atoms with Crippen molar-refractivity contribution in [3.05, 3.63) is 53.5 Å². The number of hydrogen-bond donors (Lipinski definition) is 1. The first kappa shape index (κ1) is 12.0. The minimum absolute atomic E-state index is 0.347. The first-order valence-electron chi connectivity index (χ1n) is 5.20. The summed E-state index contributed by atoms with van der Waals surface area (Å²) in [7, 11) is 0. The van der Waals surface area contributed by atoms with Crippen LogP contribution in [0.25, 0.3) is 0 Å². The number of benzene rings is 1. The number of aromatic carboxylic acids is 1. The molecule has 1 aromatic heterocycles. The number of pyridine rings is 1. The number of ether oxygens (including phenoxy) is 1. The van der Waals surface area contributed by atoms with Crippen molar-refractivity contribution in [2.24, 2.45) is 0 Å². The largest absolute Gasteiger partial charge is 0.478 e. The van der Waals surface area contributed by atoms with Crippen LogP contribution in [-0.2, 0) is 0 Å². The van der Waals surface area contributed by atoms with E-state index in [-0.39, 0.29) is 5.88 Å². The molecule has 0 spiro atoms. The van der Waals surface area contributed by atoms with Gasteiger partial charge in [0.2, 0.25) is 0 Å². The van der Waals surface area contributed by atoms with Crippen LogP contribution in [0.4, 0.5) is 4.39 Å². The van der Waals surface area contributed by atoms with Crippen LogP contribution in [0.5, 0.6) is 11.6 Å². The van der Waals surface area contributed by atoms with Gasteiger partial charge in [-0.3, -0.25) is 0 Å². The Morgan fingerprint density at radius 3 is 2.83 bits per heavy atom. The van der Waals surface area contributed by atoms with Crippen molar-refractivity contribution >= 4 is 5.97 Å². The highest BCUT2D eigenvalue weighted by molar-refractivity contribution is 5.88. The van der Waals surface area contributed by atoms with Gasteiger partial charge in [-0.15, -0.1) is 0 Å². The lowest BCUT2D eigenvalue weighted by atomic mass is 10.2. The molecule has 5 heteroatoms. The van der Waals surface area contributed by atoms with Crippen LogP contribution in [0.15, 0.2) is 36.5 Å². The molecule has 0 atom stereocenters. The van der Waals surface area contributed by atoms with E-state index in [0.29, 0.717) is 5.75 Å². The van der Waals surface area contributed by atoms with Crippen molar-refractivity contribution in [2.45, 2.75) is 6.92 Å². The second-order valence-electron chi connectivity index (χ2n) is 3.70. The molecule has 0 amide bonds. The normalized spacial score (nSPS) is 10.1. The molecule has 0 aliphatic carbocycles. The first-order chi connectivity index (χ1) is 8.58. The van der Waals surface area contributed by atoms with Crippen LogP contribution in [0.2, 0.25) is 0 Å². The SMILES string of the molecule is Cc1cccc(Oc2nccc(C(=O)O)c2F)c1. The van der Waals surface area contributed by atoms with Gasteiger partial charge in [-0.05, 0) is 30.7 Å². The van der Waals surface area contributed by atoms with Crippen LogP contribution in [0, 0.1) is 12.7 Å². The molecular formula is C13H10FNO3. The molecule has 0 saturated heterocycles. The van der Waals surface area contributed by atoms with Gasteiger partial charge in [0.25, 0.3) is 5.88 Å². The first-order valence-corrected chi connectivity index (χ1v) is 5.20. The maximum Gasteiger partial charge on any atom is 0.338 e. The lowest BCUT2D eigenvalue weighted by molar-refractivity contribution is 0.0690. The number of hydrogen-bond acceptors (Lipinski definition) is 3. The predicted molar refractivity (Wildman–Crippen MR) is 62.4 cm³/mol. The molecule has 2 aromatic rings. The zero-order chi connectivity index (χ0) is 13.1. The third-order valence-electron chi connectivity index (χ3n) is 2.29. The molecule has 18 heavy (non-hydrogen) atoms. The summed E-state index contributed by atoms with van der Waals surface area (Å²) in [4.78, 5) is 14.4. The van der Waals surface area contributed by atoms with Crippen molar-refractivity contribution in [1.82, 2.24) is 4.98 Å². The molecule has 1 N–H and O–H groups in total. The average Bonchev–Trinajstić information content (AvgIpc) is 2.31. The van der Waals surface area contributed by atoms with E-state index in [9.17, 15) is 9.18 Å². The quantitative estimate of drug-likeness (QED) is 0.905. The molecule has 92 valence electrons. The Balaban J connectivity index is 2.35. The molecule has 0 fully saturated rings. The molecule has 1 heterocycles. The number of aryl methyl sites for hydroxylation is 1. The monoisotopic (exact) mass is 247 g/mol. The maximum absolute atomic E-state index is 13.7. The number of halogens is 1. The fraction of sp³-hybridized carbons (Fsp3) is 0.0769. The topological polar surface area (TPSA) is 59.4 Å². The van der Waals surface area contributed by atoms with E-state index < -0.39 is 17.3 Å². The van der Waals surface area contributed by atoms with E-state index in [1.165, 1.54) is 6.20 Å². The molecular weight excluding hydrogens is 237 g/mol. The minimum atomic E-state index is -1.36. The third kappa shape index (κ3) is 2.45. The third-order valence-corrected chi connectivity index (χ3v) is 2.29. The van der Waals surface area contributed by atoms with Gasteiger partial charge in [-0.25, -0.2) is 14.2 Å². The number of nitrogens with zero attached hydrogens (tertiary/aromatic N) is 1. The molecule has 1 aromatic carbocycles.